The van der Waals surface area contributed by atoms with Crippen molar-refractivity contribution in [2.75, 3.05) is 21.2 Å². The zero-order valence-electron chi connectivity index (χ0n) is 13.1. The first-order chi connectivity index (χ1) is 10.1. The van der Waals surface area contributed by atoms with Crippen LogP contribution in [-0.2, 0) is 6.54 Å². The first-order valence-corrected chi connectivity index (χ1v) is 7.33. The summed E-state index contributed by atoms with van der Waals surface area (Å²) in [4.78, 5) is 2.25. The monoisotopic (exact) mass is 282 g/mol. The molecule has 110 valence electrons. The molecule has 3 rings (SSSR count). The van der Waals surface area contributed by atoms with E-state index in [1.807, 2.05) is 6.07 Å². The summed E-state index contributed by atoms with van der Waals surface area (Å²) in [6, 6.07) is 15.4. The molecule has 0 saturated heterocycles. The minimum atomic E-state index is 0.468. The number of likely N-dealkylation sites (N-methyl/N-ethyl adjacent to an activating group) is 1. The van der Waals surface area contributed by atoms with E-state index >= 15 is 0 Å². The summed E-state index contributed by atoms with van der Waals surface area (Å²) in [6.45, 7) is 3.21. The van der Waals surface area contributed by atoms with E-state index in [1.165, 1.54) is 21.8 Å². The maximum atomic E-state index is 5.40. The molecule has 0 aliphatic heterocycles. The maximum Gasteiger partial charge on any atom is 0.120 e. The van der Waals surface area contributed by atoms with E-state index < -0.39 is 0 Å². The molecule has 0 saturated carbocycles. The Morgan fingerprint density at radius 1 is 1.05 bits per heavy atom. The summed E-state index contributed by atoms with van der Waals surface area (Å²) in [6.07, 6.45) is 0. The highest BCUT2D eigenvalue weighted by atomic mass is 16.5. The molecule has 1 heterocycles. The number of methoxy groups -OCH3 is 1. The molecule has 0 amide bonds. The number of aromatic nitrogens is 1. The molecule has 3 heteroatoms. The van der Waals surface area contributed by atoms with Gasteiger partial charge in [0.15, 0.2) is 0 Å². The van der Waals surface area contributed by atoms with E-state index in [1.54, 1.807) is 7.11 Å². The van der Waals surface area contributed by atoms with Crippen LogP contribution in [0.4, 0.5) is 0 Å². The van der Waals surface area contributed by atoms with Crippen molar-refractivity contribution in [1.29, 1.82) is 0 Å². The topological polar surface area (TPSA) is 17.4 Å². The van der Waals surface area contributed by atoms with Crippen molar-refractivity contribution in [3.63, 3.8) is 0 Å². The number of hydrogen-bond acceptors (Lipinski definition) is 2. The molecule has 1 unspecified atom stereocenters. The normalized spacial score (nSPS) is 13.2. The lowest BCUT2D eigenvalue weighted by Gasteiger charge is -2.21. The van der Waals surface area contributed by atoms with Crippen LogP contribution in [0.15, 0.2) is 42.5 Å². The molecule has 3 aromatic rings. The first kappa shape index (κ1) is 14.0. The van der Waals surface area contributed by atoms with Crippen LogP contribution in [0, 0.1) is 0 Å². The van der Waals surface area contributed by atoms with Crippen molar-refractivity contribution < 1.29 is 4.74 Å². The van der Waals surface area contributed by atoms with Gasteiger partial charge in [-0.3, -0.25) is 0 Å². The van der Waals surface area contributed by atoms with Crippen molar-refractivity contribution in [3.8, 4) is 5.75 Å². The Balaban J connectivity index is 2.26. The maximum absolute atomic E-state index is 5.40. The number of para-hydroxylation sites is 1. The van der Waals surface area contributed by atoms with Gasteiger partial charge in [-0.2, -0.15) is 0 Å². The van der Waals surface area contributed by atoms with Crippen molar-refractivity contribution in [3.05, 3.63) is 42.5 Å². The van der Waals surface area contributed by atoms with Gasteiger partial charge >= 0.3 is 0 Å². The third-order valence-corrected chi connectivity index (χ3v) is 4.31. The Morgan fingerprint density at radius 3 is 2.48 bits per heavy atom. The molecule has 0 N–H and O–H groups in total. The first-order valence-electron chi connectivity index (χ1n) is 7.33. The zero-order valence-corrected chi connectivity index (χ0v) is 13.1. The van der Waals surface area contributed by atoms with Crippen molar-refractivity contribution in [2.45, 2.75) is 19.5 Å². The smallest absolute Gasteiger partial charge is 0.120 e. The van der Waals surface area contributed by atoms with Crippen molar-refractivity contribution in [2.24, 2.45) is 0 Å². The fraction of sp³-hybridized carbons (Fsp3) is 0.333. The summed E-state index contributed by atoms with van der Waals surface area (Å²) in [5.74, 6) is 0.907. The third kappa shape index (κ3) is 2.38. The molecule has 2 aromatic carbocycles. The summed E-state index contributed by atoms with van der Waals surface area (Å²) in [5, 5.41) is 2.60. The van der Waals surface area contributed by atoms with Gasteiger partial charge in [-0.15, -0.1) is 0 Å². The molecular weight excluding hydrogens is 260 g/mol. The SMILES string of the molecule is COc1ccc2c3ccccc3n(CC(C)N(C)C)c2c1. The largest absolute Gasteiger partial charge is 0.497 e. The highest BCUT2D eigenvalue weighted by molar-refractivity contribution is 6.08. The number of hydrogen-bond donors (Lipinski definition) is 0. The van der Waals surface area contributed by atoms with Gasteiger partial charge in [-0.05, 0) is 39.2 Å². The van der Waals surface area contributed by atoms with Gasteiger partial charge in [-0.1, -0.05) is 18.2 Å². The number of benzene rings is 2. The molecule has 0 aliphatic carbocycles. The standard InChI is InChI=1S/C18H22N2O/c1-13(19(2)3)12-20-17-8-6-5-7-15(17)16-10-9-14(21-4)11-18(16)20/h5-11,13H,12H2,1-4H3. The van der Waals surface area contributed by atoms with Gasteiger partial charge in [0.05, 0.1) is 12.6 Å². The van der Waals surface area contributed by atoms with Crippen LogP contribution in [0.1, 0.15) is 6.92 Å². The van der Waals surface area contributed by atoms with Gasteiger partial charge in [-0.25, -0.2) is 0 Å². The second kappa shape index (κ2) is 5.41. The Kier molecular flexibility index (Phi) is 3.60. The number of rotatable bonds is 4. The lowest BCUT2D eigenvalue weighted by molar-refractivity contribution is 0.288. The zero-order chi connectivity index (χ0) is 15.0. The Morgan fingerprint density at radius 2 is 1.76 bits per heavy atom. The minimum Gasteiger partial charge on any atom is -0.497 e. The lowest BCUT2D eigenvalue weighted by atomic mass is 10.1. The van der Waals surface area contributed by atoms with Gasteiger partial charge in [0.2, 0.25) is 0 Å². The average molecular weight is 282 g/mol. The molecule has 0 aliphatic rings. The minimum absolute atomic E-state index is 0.468. The Hall–Kier alpha value is -2.00. The van der Waals surface area contributed by atoms with Gasteiger partial charge in [0, 0.05) is 34.9 Å². The predicted octanol–water partition coefficient (Wildman–Crippen LogP) is 3.75. The van der Waals surface area contributed by atoms with E-state index in [2.05, 4.69) is 66.9 Å². The summed E-state index contributed by atoms with van der Waals surface area (Å²) < 4.78 is 7.80. The van der Waals surface area contributed by atoms with Crippen LogP contribution < -0.4 is 4.74 Å². The molecule has 0 spiro atoms. The quantitative estimate of drug-likeness (QED) is 0.725. The molecule has 0 fully saturated rings. The van der Waals surface area contributed by atoms with Crippen LogP contribution >= 0.6 is 0 Å². The predicted molar refractivity (Wildman–Crippen MR) is 89.1 cm³/mol. The van der Waals surface area contributed by atoms with Gasteiger partial charge in [0.1, 0.15) is 5.75 Å². The van der Waals surface area contributed by atoms with Crippen LogP contribution in [0.3, 0.4) is 0 Å². The molecule has 3 nitrogen and oxygen atoms in total. The second-order valence-corrected chi connectivity index (χ2v) is 5.82. The fourth-order valence-electron chi connectivity index (χ4n) is 2.78. The molecule has 21 heavy (non-hydrogen) atoms. The van der Waals surface area contributed by atoms with E-state index in [-0.39, 0.29) is 0 Å². The van der Waals surface area contributed by atoms with Crippen LogP contribution in [0.2, 0.25) is 0 Å². The van der Waals surface area contributed by atoms with Crippen LogP contribution in [-0.4, -0.2) is 36.7 Å². The van der Waals surface area contributed by atoms with Crippen LogP contribution in [0.25, 0.3) is 21.8 Å². The summed E-state index contributed by atoms with van der Waals surface area (Å²) >= 11 is 0. The highest BCUT2D eigenvalue weighted by Crippen LogP contribution is 2.31. The lowest BCUT2D eigenvalue weighted by Crippen LogP contribution is -2.29. The average Bonchev–Trinajstić information content (AvgIpc) is 2.81. The van der Waals surface area contributed by atoms with Crippen molar-refractivity contribution in [1.82, 2.24) is 9.47 Å². The molecular formula is C18H22N2O. The van der Waals surface area contributed by atoms with Crippen molar-refractivity contribution >= 4 is 21.8 Å². The van der Waals surface area contributed by atoms with Crippen LogP contribution in [0.5, 0.6) is 5.75 Å². The van der Waals surface area contributed by atoms with Gasteiger partial charge in [0.25, 0.3) is 0 Å². The second-order valence-electron chi connectivity index (χ2n) is 5.82. The Labute approximate surface area is 125 Å². The number of nitrogens with zero attached hydrogens (tertiary/aromatic N) is 2. The van der Waals surface area contributed by atoms with Gasteiger partial charge < -0.3 is 14.2 Å². The highest BCUT2D eigenvalue weighted by Gasteiger charge is 2.14. The molecule has 0 bridgehead atoms. The number of ether oxygens (including phenoxy) is 1. The van der Waals surface area contributed by atoms with E-state index in [9.17, 15) is 0 Å². The number of fused-ring (bicyclic) bond motifs is 3. The van der Waals surface area contributed by atoms with E-state index in [0.29, 0.717) is 6.04 Å². The summed E-state index contributed by atoms with van der Waals surface area (Å²) in [5.41, 5.74) is 2.53. The Bertz CT molecular complexity index is 773. The van der Waals surface area contributed by atoms with E-state index in [0.717, 1.165) is 12.3 Å². The third-order valence-electron chi connectivity index (χ3n) is 4.31. The molecule has 1 aromatic heterocycles. The molecule has 1 atom stereocenters. The fourth-order valence-corrected chi connectivity index (χ4v) is 2.78. The molecule has 0 radical (unpaired) electrons. The summed E-state index contributed by atoms with van der Waals surface area (Å²) in [7, 11) is 5.97. The van der Waals surface area contributed by atoms with E-state index in [4.69, 9.17) is 4.74 Å².